The summed E-state index contributed by atoms with van der Waals surface area (Å²) in [7, 11) is 0. The van der Waals surface area contributed by atoms with Crippen molar-refractivity contribution >= 4 is 0 Å². The zero-order valence-corrected chi connectivity index (χ0v) is 15.8. The summed E-state index contributed by atoms with van der Waals surface area (Å²) in [5.41, 5.74) is 0. The molecule has 0 heterocycles. The Labute approximate surface area is 113 Å². The van der Waals surface area contributed by atoms with Crippen molar-refractivity contribution in [3.05, 3.63) is 0 Å². The van der Waals surface area contributed by atoms with Crippen LogP contribution in [0.5, 0.6) is 0 Å². The quantitative estimate of drug-likeness (QED) is 0.237. The van der Waals surface area contributed by atoms with Crippen LogP contribution in [0.3, 0.4) is 0 Å². The van der Waals surface area contributed by atoms with E-state index in [1.807, 2.05) is 0 Å². The predicted octanol–water partition coefficient (Wildman–Crippen LogP) is 0.800. The van der Waals surface area contributed by atoms with Gasteiger partial charge in [-0.15, -0.1) is 0 Å². The van der Waals surface area contributed by atoms with E-state index in [4.69, 9.17) is 0 Å². The smallest absolute Gasteiger partial charge is 0 e. The van der Waals surface area contributed by atoms with Gasteiger partial charge in [-0.1, -0.05) is 0 Å². The molecule has 0 aliphatic rings. The molecule has 0 unspecified atom stereocenters. The third-order valence-corrected chi connectivity index (χ3v) is 0. The maximum absolute atomic E-state index is 0. The van der Waals surface area contributed by atoms with Crippen LogP contribution in [0.25, 0.3) is 0 Å². The Balaban J connectivity index is 0. The molecule has 0 aromatic heterocycles. The molecule has 0 saturated heterocycles. The fraction of sp³-hybridized carbons (Fsp3) is 0. The first kappa shape index (κ1) is 201. The van der Waals surface area contributed by atoms with Gasteiger partial charge in [0.1, 0.15) is 0 Å². The standard InChI is InChI=1S/5H3N.Ni.3Ta/h5*1H3;;;;. The third kappa shape index (κ3) is 121. The summed E-state index contributed by atoms with van der Waals surface area (Å²) in [5.74, 6) is 0. The molecule has 3 radical (unpaired) electrons. The summed E-state index contributed by atoms with van der Waals surface area (Å²) < 4.78 is 0. The van der Waals surface area contributed by atoms with Crippen LogP contribution in [0.2, 0.25) is 0 Å². The van der Waals surface area contributed by atoms with Crippen molar-refractivity contribution in [2.24, 2.45) is 0 Å². The molecule has 0 saturated carbocycles. The van der Waals surface area contributed by atoms with Gasteiger partial charge < -0.3 is 30.8 Å². The zero-order valence-electron chi connectivity index (χ0n) is 5.19. The van der Waals surface area contributed by atoms with Crippen LogP contribution in [0.4, 0.5) is 0 Å². The Kier molecular flexibility index (Phi) is 3370. The SMILES string of the molecule is N.N.N.N.N.[Ni].[Ta].[Ta].[Ta]. The van der Waals surface area contributed by atoms with E-state index in [1.165, 1.54) is 0 Å². The van der Waals surface area contributed by atoms with Gasteiger partial charge in [0.05, 0.1) is 0 Å². The average Bonchev–Trinajstić information content (AvgIpc) is 0. The van der Waals surface area contributed by atoms with Crippen molar-refractivity contribution in [1.29, 1.82) is 0 Å². The molecule has 0 aliphatic heterocycles. The van der Waals surface area contributed by atoms with Crippen LogP contribution in [0.1, 0.15) is 0 Å². The molecule has 0 aliphatic carbocycles. The van der Waals surface area contributed by atoms with Crippen molar-refractivity contribution in [3.63, 3.8) is 0 Å². The van der Waals surface area contributed by atoms with Gasteiger partial charge in [-0.05, 0) is 0 Å². The molecule has 0 atom stereocenters. The van der Waals surface area contributed by atoms with Crippen molar-refractivity contribution < 1.29 is 83.6 Å². The summed E-state index contributed by atoms with van der Waals surface area (Å²) in [6, 6.07) is 0. The van der Waals surface area contributed by atoms with Crippen molar-refractivity contribution in [1.82, 2.24) is 30.8 Å². The molecule has 0 bridgehead atoms. The average molecular weight is 687 g/mol. The van der Waals surface area contributed by atoms with E-state index in [0.29, 0.717) is 0 Å². The number of rotatable bonds is 0. The van der Waals surface area contributed by atoms with Crippen LogP contribution in [0.15, 0.2) is 0 Å². The molecule has 0 aromatic carbocycles. The maximum Gasteiger partial charge on any atom is 0 e. The van der Waals surface area contributed by atoms with Crippen molar-refractivity contribution in [2.45, 2.75) is 0 Å². The fourth-order valence-corrected chi connectivity index (χ4v) is 0. The first-order valence-corrected chi connectivity index (χ1v) is 0. The molecular weight excluding hydrogens is 672 g/mol. The largest absolute Gasteiger partial charge is 0.344 e. The summed E-state index contributed by atoms with van der Waals surface area (Å²) in [4.78, 5) is 0. The molecule has 0 aromatic rings. The monoisotopic (exact) mass is 686 g/mol. The van der Waals surface area contributed by atoms with E-state index in [-0.39, 0.29) is 114 Å². The Hall–Kier alpha value is 2.51. The maximum atomic E-state index is 0. The summed E-state index contributed by atoms with van der Waals surface area (Å²) in [6.07, 6.45) is 0. The molecule has 15 N–H and O–H groups in total. The third-order valence-electron chi connectivity index (χ3n) is 0. The van der Waals surface area contributed by atoms with Gasteiger partial charge in [-0.3, -0.25) is 0 Å². The van der Waals surface area contributed by atoms with E-state index in [2.05, 4.69) is 0 Å². The summed E-state index contributed by atoms with van der Waals surface area (Å²) >= 11 is 0. The van der Waals surface area contributed by atoms with Gasteiger partial charge in [0.25, 0.3) is 0 Å². The van der Waals surface area contributed by atoms with Gasteiger partial charge in [0.15, 0.2) is 0 Å². The van der Waals surface area contributed by atoms with E-state index in [0.717, 1.165) is 0 Å². The van der Waals surface area contributed by atoms with Crippen LogP contribution in [0, 0.1) is 0 Å². The first-order chi connectivity index (χ1) is 0. The van der Waals surface area contributed by atoms with Gasteiger partial charge in [0, 0.05) is 83.6 Å². The van der Waals surface area contributed by atoms with Gasteiger partial charge >= 0.3 is 0 Å². The Morgan fingerprint density at radius 3 is 0.333 bits per heavy atom. The van der Waals surface area contributed by atoms with Crippen LogP contribution in [-0.2, 0) is 83.6 Å². The second kappa shape index (κ2) is 151. The summed E-state index contributed by atoms with van der Waals surface area (Å²) in [6.45, 7) is 0. The van der Waals surface area contributed by atoms with Gasteiger partial charge in [-0.25, -0.2) is 0 Å². The van der Waals surface area contributed by atoms with E-state index >= 15 is 0 Å². The molecule has 65 valence electrons. The Morgan fingerprint density at radius 1 is 0.333 bits per heavy atom. The van der Waals surface area contributed by atoms with Crippen LogP contribution >= 0.6 is 0 Å². The predicted molar refractivity (Wildman–Crippen MR) is 25.1 cm³/mol. The van der Waals surface area contributed by atoms with E-state index in [9.17, 15) is 0 Å². The minimum absolute atomic E-state index is 0. The number of hydrogen-bond acceptors (Lipinski definition) is 5. The molecule has 0 fully saturated rings. The molecule has 0 spiro atoms. The Morgan fingerprint density at radius 2 is 0.333 bits per heavy atom. The Bertz CT molecular complexity index is 12.2. The second-order valence-electron chi connectivity index (χ2n) is 0. The number of hydrogen-bond donors (Lipinski definition) is 5. The second-order valence-corrected chi connectivity index (χ2v) is 0. The minimum atomic E-state index is 0. The molecule has 9 heavy (non-hydrogen) atoms. The molecular formula is H15N5NiTa3. The van der Waals surface area contributed by atoms with Gasteiger partial charge in [0.2, 0.25) is 0 Å². The normalized spacial score (nSPS) is 0. The van der Waals surface area contributed by atoms with Crippen molar-refractivity contribution in [3.8, 4) is 0 Å². The van der Waals surface area contributed by atoms with Crippen LogP contribution in [-0.4, -0.2) is 0 Å². The molecule has 0 amide bonds. The minimum Gasteiger partial charge on any atom is -0.344 e. The van der Waals surface area contributed by atoms with E-state index in [1.54, 1.807) is 0 Å². The van der Waals surface area contributed by atoms with Crippen molar-refractivity contribution in [2.75, 3.05) is 0 Å². The molecule has 5 nitrogen and oxygen atoms in total. The van der Waals surface area contributed by atoms with E-state index < -0.39 is 0 Å². The van der Waals surface area contributed by atoms with Gasteiger partial charge in [-0.2, -0.15) is 0 Å². The molecule has 0 rings (SSSR count). The topological polar surface area (TPSA) is 175 Å². The summed E-state index contributed by atoms with van der Waals surface area (Å²) in [5, 5.41) is 0. The van der Waals surface area contributed by atoms with Crippen LogP contribution < -0.4 is 30.8 Å². The molecule has 9 heteroatoms. The fourth-order valence-electron chi connectivity index (χ4n) is 0. The first-order valence-electron chi connectivity index (χ1n) is 0. The zero-order chi connectivity index (χ0) is 0.